The third-order valence-corrected chi connectivity index (χ3v) is 6.82. The fourth-order valence-electron chi connectivity index (χ4n) is 4.32. The van der Waals surface area contributed by atoms with Gasteiger partial charge in [0.2, 0.25) is 0 Å². The predicted molar refractivity (Wildman–Crippen MR) is 173 cm³/mol. The SMILES string of the molecule is CC(O)COC(=O)c1ccc(-c2ccc(C(=O)OCC(C)OC(=O)c3ccc(-c4ccc(C(=O)OCC(C)O)cc4)cc3)cc2)cc1. The number of carbonyl (C=O) groups excluding carboxylic acids is 4. The summed E-state index contributed by atoms with van der Waals surface area (Å²) in [6.07, 6.45) is -2.18. The van der Waals surface area contributed by atoms with E-state index in [0.29, 0.717) is 22.3 Å². The van der Waals surface area contributed by atoms with Crippen LogP contribution in [0.15, 0.2) is 97.1 Å². The number of esters is 4. The van der Waals surface area contributed by atoms with Crippen molar-refractivity contribution >= 4 is 23.9 Å². The normalized spacial score (nSPS) is 12.7. The molecular weight excluding hydrogens is 604 g/mol. The standard InChI is InChI=1S/C37H36O10/c1-23(38)20-44-34(40)30-12-4-26(5-13-30)27-8-16-32(17-9-27)36(42)46-22-25(3)47-37(43)33-18-10-29(11-19-33)28-6-14-31(15-7-28)35(41)45-21-24(2)39/h4-19,23-25,38-39H,20-22H2,1-3H3. The quantitative estimate of drug-likeness (QED) is 0.142. The smallest absolute Gasteiger partial charge is 0.338 e. The molecule has 4 aromatic rings. The van der Waals surface area contributed by atoms with E-state index < -0.39 is 42.2 Å². The van der Waals surface area contributed by atoms with Crippen LogP contribution in [0.5, 0.6) is 0 Å². The molecule has 3 unspecified atom stereocenters. The van der Waals surface area contributed by atoms with E-state index >= 15 is 0 Å². The molecule has 47 heavy (non-hydrogen) atoms. The van der Waals surface area contributed by atoms with Crippen LogP contribution in [-0.4, -0.2) is 72.2 Å². The molecular formula is C37H36O10. The molecule has 10 nitrogen and oxygen atoms in total. The largest absolute Gasteiger partial charge is 0.459 e. The fraction of sp³-hybridized carbons (Fsp3) is 0.243. The molecule has 0 amide bonds. The first-order valence-electron chi connectivity index (χ1n) is 15.0. The molecule has 0 aliphatic carbocycles. The van der Waals surface area contributed by atoms with Gasteiger partial charge in [-0.2, -0.15) is 0 Å². The minimum atomic E-state index is -0.743. The van der Waals surface area contributed by atoms with E-state index in [0.717, 1.165) is 22.3 Å². The van der Waals surface area contributed by atoms with Crippen LogP contribution in [0.25, 0.3) is 22.3 Å². The van der Waals surface area contributed by atoms with Gasteiger partial charge in [-0.3, -0.25) is 0 Å². The minimum Gasteiger partial charge on any atom is -0.459 e. The van der Waals surface area contributed by atoms with E-state index in [-0.39, 0.29) is 19.8 Å². The number of hydrogen-bond donors (Lipinski definition) is 2. The topological polar surface area (TPSA) is 146 Å². The summed E-state index contributed by atoms with van der Waals surface area (Å²) in [5, 5.41) is 18.5. The average molecular weight is 641 g/mol. The first-order chi connectivity index (χ1) is 22.5. The van der Waals surface area contributed by atoms with Crippen molar-refractivity contribution in [3.05, 3.63) is 119 Å². The molecule has 0 spiro atoms. The molecule has 0 aromatic heterocycles. The van der Waals surface area contributed by atoms with Gasteiger partial charge in [0.1, 0.15) is 25.9 Å². The van der Waals surface area contributed by atoms with Crippen molar-refractivity contribution in [2.24, 2.45) is 0 Å². The second kappa shape index (κ2) is 16.3. The van der Waals surface area contributed by atoms with Gasteiger partial charge < -0.3 is 29.2 Å². The number of benzene rings is 4. The maximum Gasteiger partial charge on any atom is 0.338 e. The summed E-state index contributed by atoms with van der Waals surface area (Å²) >= 11 is 0. The van der Waals surface area contributed by atoms with Gasteiger partial charge in [0.25, 0.3) is 0 Å². The van der Waals surface area contributed by atoms with Gasteiger partial charge in [0, 0.05) is 0 Å². The maximum atomic E-state index is 12.7. The molecule has 0 aliphatic heterocycles. The number of aliphatic hydroxyl groups is 2. The zero-order valence-electron chi connectivity index (χ0n) is 26.3. The number of hydrogen-bond acceptors (Lipinski definition) is 10. The maximum absolute atomic E-state index is 12.7. The van der Waals surface area contributed by atoms with Crippen LogP contribution in [-0.2, 0) is 18.9 Å². The van der Waals surface area contributed by atoms with Crippen LogP contribution in [0.1, 0.15) is 62.2 Å². The zero-order valence-corrected chi connectivity index (χ0v) is 26.3. The molecule has 0 heterocycles. The molecule has 0 radical (unpaired) electrons. The Morgan fingerprint density at radius 2 is 0.702 bits per heavy atom. The van der Waals surface area contributed by atoms with Crippen molar-refractivity contribution in [2.45, 2.75) is 39.1 Å². The van der Waals surface area contributed by atoms with Gasteiger partial charge in [-0.15, -0.1) is 0 Å². The van der Waals surface area contributed by atoms with Crippen LogP contribution >= 0.6 is 0 Å². The lowest BCUT2D eigenvalue weighted by molar-refractivity contribution is 0.00448. The monoisotopic (exact) mass is 640 g/mol. The minimum absolute atomic E-state index is 0.0825. The molecule has 0 fully saturated rings. The van der Waals surface area contributed by atoms with Crippen molar-refractivity contribution in [1.82, 2.24) is 0 Å². The highest BCUT2D eigenvalue weighted by Gasteiger charge is 2.16. The van der Waals surface area contributed by atoms with Crippen molar-refractivity contribution < 1.29 is 48.3 Å². The Morgan fingerprint density at radius 3 is 0.979 bits per heavy atom. The van der Waals surface area contributed by atoms with Crippen molar-refractivity contribution in [1.29, 1.82) is 0 Å². The lowest BCUT2D eigenvalue weighted by Gasteiger charge is -2.14. The first-order valence-corrected chi connectivity index (χ1v) is 15.0. The summed E-state index contributed by atoms with van der Waals surface area (Å²) in [4.78, 5) is 49.4. The van der Waals surface area contributed by atoms with Gasteiger partial charge in [0.05, 0.1) is 34.5 Å². The molecule has 4 rings (SSSR count). The second-order valence-electron chi connectivity index (χ2n) is 11.0. The first kappa shape index (κ1) is 34.6. The highest BCUT2D eigenvalue weighted by Crippen LogP contribution is 2.23. The second-order valence-corrected chi connectivity index (χ2v) is 11.0. The third kappa shape index (κ3) is 10.1. The fourth-order valence-corrected chi connectivity index (χ4v) is 4.32. The van der Waals surface area contributed by atoms with Crippen LogP contribution in [0.4, 0.5) is 0 Å². The average Bonchev–Trinajstić information content (AvgIpc) is 3.08. The Balaban J connectivity index is 1.24. The van der Waals surface area contributed by atoms with Gasteiger partial charge in [0.15, 0.2) is 0 Å². The van der Waals surface area contributed by atoms with E-state index in [4.69, 9.17) is 18.9 Å². The molecule has 0 saturated carbocycles. The molecule has 3 atom stereocenters. The van der Waals surface area contributed by atoms with E-state index in [1.807, 2.05) is 0 Å². The third-order valence-electron chi connectivity index (χ3n) is 6.82. The van der Waals surface area contributed by atoms with Crippen molar-refractivity contribution in [3.63, 3.8) is 0 Å². The van der Waals surface area contributed by atoms with Gasteiger partial charge in [-0.25, -0.2) is 19.2 Å². The van der Waals surface area contributed by atoms with Crippen LogP contribution in [0, 0.1) is 0 Å². The molecule has 10 heteroatoms. The summed E-state index contributed by atoms with van der Waals surface area (Å²) < 4.78 is 20.8. The zero-order chi connectivity index (χ0) is 33.9. The highest BCUT2D eigenvalue weighted by atomic mass is 16.6. The molecule has 0 aliphatic rings. The van der Waals surface area contributed by atoms with Gasteiger partial charge in [-0.1, -0.05) is 48.5 Å². The summed E-state index contributed by atoms with van der Waals surface area (Å²) in [6.45, 7) is 4.39. The van der Waals surface area contributed by atoms with Crippen LogP contribution < -0.4 is 0 Å². The highest BCUT2D eigenvalue weighted by molar-refractivity contribution is 5.92. The Kier molecular flexibility index (Phi) is 12.0. The Labute approximate surface area is 272 Å². The van der Waals surface area contributed by atoms with Gasteiger partial charge in [-0.05, 0) is 91.6 Å². The molecule has 0 saturated heterocycles. The number of rotatable bonds is 13. The van der Waals surface area contributed by atoms with Crippen molar-refractivity contribution in [2.75, 3.05) is 19.8 Å². The van der Waals surface area contributed by atoms with Crippen LogP contribution in [0.2, 0.25) is 0 Å². The lowest BCUT2D eigenvalue weighted by Crippen LogP contribution is -2.22. The summed E-state index contributed by atoms with van der Waals surface area (Å²) in [6, 6.07) is 27.1. The Bertz CT molecular complexity index is 1660. The van der Waals surface area contributed by atoms with E-state index in [1.54, 1.807) is 104 Å². The van der Waals surface area contributed by atoms with Gasteiger partial charge >= 0.3 is 23.9 Å². The number of ether oxygens (including phenoxy) is 4. The summed E-state index contributed by atoms with van der Waals surface area (Å²) in [5.41, 5.74) is 4.68. The Morgan fingerprint density at radius 1 is 0.447 bits per heavy atom. The van der Waals surface area contributed by atoms with E-state index in [2.05, 4.69) is 0 Å². The van der Waals surface area contributed by atoms with Crippen molar-refractivity contribution in [3.8, 4) is 22.3 Å². The summed E-state index contributed by atoms with van der Waals surface area (Å²) in [5.74, 6) is -2.18. The van der Waals surface area contributed by atoms with E-state index in [9.17, 15) is 29.4 Å². The molecule has 244 valence electrons. The Hall–Kier alpha value is -5.32. The number of carbonyl (C=O) groups is 4. The molecule has 4 aromatic carbocycles. The molecule has 2 N–H and O–H groups in total. The number of aliphatic hydroxyl groups excluding tert-OH is 2. The molecule has 0 bridgehead atoms. The van der Waals surface area contributed by atoms with E-state index in [1.165, 1.54) is 13.8 Å². The predicted octanol–water partition coefficient (Wildman–Crippen LogP) is 5.50. The van der Waals surface area contributed by atoms with Crippen LogP contribution in [0.3, 0.4) is 0 Å². The summed E-state index contributed by atoms with van der Waals surface area (Å²) in [7, 11) is 0. The lowest BCUT2D eigenvalue weighted by atomic mass is 10.0.